The third-order valence-corrected chi connectivity index (χ3v) is 6.17. The fourth-order valence-corrected chi connectivity index (χ4v) is 4.02. The van der Waals surface area contributed by atoms with Crippen molar-refractivity contribution >= 4 is 30.1 Å². The molecule has 0 aliphatic rings. The maximum atomic E-state index is 12.7. The second-order valence-corrected chi connectivity index (χ2v) is 8.93. The third-order valence-electron chi connectivity index (χ3n) is 3.69. The Hall–Kier alpha value is -1.12. The molecule has 165 valence electrons. The van der Waals surface area contributed by atoms with Gasteiger partial charge in [-0.25, -0.2) is 9.65 Å². The summed E-state index contributed by atoms with van der Waals surface area (Å²) in [7, 11) is -2.30. The molecule has 0 amide bonds. The van der Waals surface area contributed by atoms with Gasteiger partial charge in [-0.2, -0.15) is 0 Å². The zero-order chi connectivity index (χ0) is 22.1. The van der Waals surface area contributed by atoms with Crippen LogP contribution in [0.5, 0.6) is 5.75 Å². The van der Waals surface area contributed by atoms with Crippen LogP contribution in [0.2, 0.25) is 0 Å². The summed E-state index contributed by atoms with van der Waals surface area (Å²) >= 11 is 0.924. The molecule has 1 heterocycles. The zero-order valence-corrected chi connectivity index (χ0v) is 23.1. The first-order chi connectivity index (χ1) is 14.3. The summed E-state index contributed by atoms with van der Waals surface area (Å²) < 4.78 is 28.3. The average molecular weight is 681 g/mol. The van der Waals surface area contributed by atoms with Crippen molar-refractivity contribution in [2.45, 2.75) is 19.1 Å². The minimum atomic E-state index is -3.71. The standard InChI is InChI=1S/C18H21N3O7PS.Ac/c1-3-10-26-18(22)16(19)11-13-4-6-14(7-5-13)28-29(25,20-2)27-12-15-8-9-17(30-15)21(23)24;/h3-9,16,19H,1,10-12H2,2H3,(H,20,25);/q-1;. The quantitative estimate of drug-likeness (QED) is 0.115. The van der Waals surface area contributed by atoms with Gasteiger partial charge in [-0.3, -0.25) is 19.4 Å². The van der Waals surface area contributed by atoms with Crippen LogP contribution in [0, 0.1) is 54.2 Å². The van der Waals surface area contributed by atoms with Gasteiger partial charge >= 0.3 is 12.7 Å². The van der Waals surface area contributed by atoms with Gasteiger partial charge in [-0.05, 0) is 43.3 Å². The second kappa shape index (κ2) is 13.4. The SMILES string of the molecule is C=CCOC(=O)C([NH-])Cc1ccc(OP(=O)(NC)OCc2ccc([N+](=O)[O-])s2)cc1.[Ac]. The molecule has 0 aliphatic heterocycles. The Balaban J connectivity index is 0.00000480. The Kier molecular flexibility index (Phi) is 12.1. The molecule has 1 aromatic carbocycles. The number of carbonyl (C=O) groups excluding carboxylic acids is 1. The van der Waals surface area contributed by atoms with E-state index < -0.39 is 24.7 Å². The summed E-state index contributed by atoms with van der Waals surface area (Å²) in [4.78, 5) is 22.4. The number of carbonyl (C=O) groups is 1. The number of esters is 1. The van der Waals surface area contributed by atoms with Crippen LogP contribution < -0.4 is 9.61 Å². The summed E-state index contributed by atoms with van der Waals surface area (Å²) in [5.41, 5.74) is 8.53. The number of nitro groups is 1. The predicted molar refractivity (Wildman–Crippen MR) is 112 cm³/mol. The van der Waals surface area contributed by atoms with E-state index in [0.29, 0.717) is 10.4 Å². The summed E-state index contributed by atoms with van der Waals surface area (Å²) in [6, 6.07) is 8.16. The fraction of sp³-hybridized carbons (Fsp3) is 0.278. The minimum Gasteiger partial charge on any atom is -0.665 e. The summed E-state index contributed by atoms with van der Waals surface area (Å²) in [6.45, 7) is 3.37. The Morgan fingerprint density at radius 3 is 2.58 bits per heavy atom. The van der Waals surface area contributed by atoms with Crippen molar-refractivity contribution in [3.63, 3.8) is 0 Å². The smallest absolute Gasteiger partial charge is 0.458 e. The molecule has 0 fully saturated rings. The molecule has 2 atom stereocenters. The van der Waals surface area contributed by atoms with E-state index in [1.54, 1.807) is 24.3 Å². The Labute approximate surface area is 219 Å². The molecule has 2 N–H and O–H groups in total. The van der Waals surface area contributed by atoms with E-state index in [1.165, 1.54) is 25.3 Å². The molecule has 2 unspecified atom stereocenters. The van der Waals surface area contributed by atoms with Crippen LogP contribution in [0.4, 0.5) is 5.00 Å². The fourth-order valence-electron chi connectivity index (χ4n) is 2.21. The van der Waals surface area contributed by atoms with Gasteiger partial charge < -0.3 is 15.0 Å². The van der Waals surface area contributed by atoms with E-state index in [1.807, 2.05) is 0 Å². The number of nitrogens with one attached hydrogen (secondary N) is 2. The van der Waals surface area contributed by atoms with E-state index >= 15 is 0 Å². The number of thiophene rings is 1. The Morgan fingerprint density at radius 2 is 2.03 bits per heavy atom. The van der Waals surface area contributed by atoms with Crippen LogP contribution in [0.15, 0.2) is 49.1 Å². The molecule has 13 heteroatoms. The van der Waals surface area contributed by atoms with Gasteiger partial charge in [0.25, 0.3) is 5.97 Å². The summed E-state index contributed by atoms with van der Waals surface area (Å²) in [5.74, 6) is -0.388. The van der Waals surface area contributed by atoms with E-state index in [4.69, 9.17) is 19.5 Å². The van der Waals surface area contributed by atoms with Crippen LogP contribution in [-0.4, -0.2) is 30.6 Å². The molecule has 1 aromatic heterocycles. The van der Waals surface area contributed by atoms with Crippen molar-refractivity contribution in [2.75, 3.05) is 13.7 Å². The van der Waals surface area contributed by atoms with Crippen molar-refractivity contribution in [1.82, 2.24) is 5.09 Å². The molecule has 0 saturated heterocycles. The van der Waals surface area contributed by atoms with E-state index in [2.05, 4.69) is 11.7 Å². The maximum Gasteiger partial charge on any atom is 0.458 e. The van der Waals surface area contributed by atoms with Gasteiger partial charge in [0.05, 0.1) is 11.5 Å². The first-order valence-corrected chi connectivity index (χ1v) is 11.1. The molecule has 1 radical (unpaired) electrons. The first-order valence-electron chi connectivity index (χ1n) is 8.70. The average Bonchev–Trinajstić information content (AvgIpc) is 3.21. The molecule has 10 nitrogen and oxygen atoms in total. The topological polar surface area (TPSA) is 141 Å². The number of nitrogens with zero attached hydrogens (tertiary/aromatic N) is 1. The zero-order valence-electron chi connectivity index (χ0n) is 16.7. The minimum absolute atomic E-state index is 0. The molecular weight excluding hydrogens is 660 g/mol. The van der Waals surface area contributed by atoms with Crippen molar-refractivity contribution in [1.29, 1.82) is 0 Å². The molecule has 0 aliphatic carbocycles. The number of benzene rings is 1. The van der Waals surface area contributed by atoms with Crippen molar-refractivity contribution < 1.29 is 72.1 Å². The predicted octanol–water partition coefficient (Wildman–Crippen LogP) is 4.27. The van der Waals surface area contributed by atoms with Gasteiger partial charge in [-0.1, -0.05) is 36.1 Å². The molecule has 0 bridgehead atoms. The molecule has 2 rings (SSSR count). The van der Waals surface area contributed by atoms with Crippen LogP contribution in [0.3, 0.4) is 0 Å². The van der Waals surface area contributed by atoms with Crippen LogP contribution in [0.25, 0.3) is 5.73 Å². The van der Waals surface area contributed by atoms with Gasteiger partial charge in [0.15, 0.2) is 0 Å². The monoisotopic (exact) mass is 681 g/mol. The molecule has 0 saturated carbocycles. The Morgan fingerprint density at radius 1 is 1.35 bits per heavy atom. The number of hydrogen-bond acceptors (Lipinski definition) is 8. The number of rotatable bonds is 12. The summed E-state index contributed by atoms with van der Waals surface area (Å²) in [6.07, 6.45) is 1.58. The van der Waals surface area contributed by atoms with Crippen molar-refractivity contribution in [2.24, 2.45) is 0 Å². The molecule has 31 heavy (non-hydrogen) atoms. The molecular formula is C18H21AcN3O7PS-. The maximum absolute atomic E-state index is 12.7. The number of ether oxygens (including phenoxy) is 1. The van der Waals surface area contributed by atoms with Gasteiger partial charge in [-0.15, -0.1) is 0 Å². The number of hydrogen-bond donors (Lipinski definition) is 1. The van der Waals surface area contributed by atoms with Gasteiger partial charge in [0, 0.05) is 55.0 Å². The van der Waals surface area contributed by atoms with Gasteiger partial charge in [0.2, 0.25) is 0 Å². The van der Waals surface area contributed by atoms with Crippen LogP contribution in [0.1, 0.15) is 10.4 Å². The largest absolute Gasteiger partial charge is 0.665 e. The van der Waals surface area contributed by atoms with E-state index in [0.717, 1.165) is 11.3 Å². The van der Waals surface area contributed by atoms with Crippen molar-refractivity contribution in [3.05, 3.63) is 75.3 Å². The van der Waals surface area contributed by atoms with Gasteiger partial charge in [0.1, 0.15) is 12.4 Å². The van der Waals surface area contributed by atoms with Crippen LogP contribution in [-0.2, 0) is 31.6 Å². The molecule has 2 aromatic rings. The first kappa shape index (κ1) is 27.9. The normalized spacial score (nSPS) is 13.4. The van der Waals surface area contributed by atoms with Crippen LogP contribution >= 0.6 is 19.1 Å². The third kappa shape index (κ3) is 9.10. The Bertz CT molecular complexity index is 938. The summed E-state index contributed by atoms with van der Waals surface area (Å²) in [5, 5.41) is 13.2. The second-order valence-electron chi connectivity index (χ2n) is 5.90. The van der Waals surface area contributed by atoms with E-state index in [-0.39, 0.29) is 74.4 Å². The van der Waals surface area contributed by atoms with E-state index in [9.17, 15) is 19.5 Å². The van der Waals surface area contributed by atoms with Crippen molar-refractivity contribution in [3.8, 4) is 5.75 Å². The molecule has 0 spiro atoms.